The van der Waals surface area contributed by atoms with Crippen molar-refractivity contribution in [2.75, 3.05) is 13.2 Å². The first-order valence-corrected chi connectivity index (χ1v) is 7.34. The Morgan fingerprint density at radius 2 is 2.10 bits per heavy atom. The zero-order valence-electron chi connectivity index (χ0n) is 10.9. The van der Waals surface area contributed by atoms with Gasteiger partial charge in [0, 0.05) is 31.3 Å². The number of halogens is 3. The molecule has 1 aliphatic rings. The highest BCUT2D eigenvalue weighted by Crippen LogP contribution is 2.31. The van der Waals surface area contributed by atoms with Gasteiger partial charge in [-0.1, -0.05) is 34.8 Å². The summed E-state index contributed by atoms with van der Waals surface area (Å²) in [6, 6.07) is 1.47. The van der Waals surface area contributed by atoms with Gasteiger partial charge in [-0.15, -0.1) is 0 Å². The standard InChI is InChI=1S/C13H14Cl3NO3/c1-17-6-9(5-10(17)12(19)13(14,15)16)11(18)8-3-2-4-20-7-8/h5-6,8H,2-4,7H2,1H3. The van der Waals surface area contributed by atoms with Crippen LogP contribution >= 0.6 is 34.8 Å². The summed E-state index contributed by atoms with van der Waals surface area (Å²) in [5.74, 6) is -0.852. The summed E-state index contributed by atoms with van der Waals surface area (Å²) >= 11 is 16.8. The van der Waals surface area contributed by atoms with E-state index < -0.39 is 9.58 Å². The molecule has 110 valence electrons. The lowest BCUT2D eigenvalue weighted by Gasteiger charge is -2.20. The second kappa shape index (κ2) is 6.06. The number of carbonyl (C=O) groups is 2. The number of aromatic nitrogens is 1. The van der Waals surface area contributed by atoms with Gasteiger partial charge in [0.1, 0.15) is 0 Å². The first-order chi connectivity index (χ1) is 9.30. The molecule has 0 bridgehead atoms. The van der Waals surface area contributed by atoms with Crippen LogP contribution in [0.2, 0.25) is 0 Å². The van der Waals surface area contributed by atoms with E-state index in [9.17, 15) is 9.59 Å². The molecule has 1 aromatic heterocycles. The van der Waals surface area contributed by atoms with Crippen LogP contribution in [0.15, 0.2) is 12.3 Å². The maximum Gasteiger partial charge on any atom is 0.255 e. The van der Waals surface area contributed by atoms with Gasteiger partial charge in [0.15, 0.2) is 5.78 Å². The van der Waals surface area contributed by atoms with Gasteiger partial charge in [0.2, 0.25) is 5.78 Å². The summed E-state index contributed by atoms with van der Waals surface area (Å²) in [4.78, 5) is 24.3. The molecule has 0 aromatic carbocycles. The Bertz CT molecular complexity index is 527. The first-order valence-electron chi connectivity index (χ1n) is 6.20. The number of carbonyl (C=O) groups excluding carboxylic acids is 2. The summed E-state index contributed by atoms with van der Waals surface area (Å²) in [6.07, 6.45) is 3.24. The smallest absolute Gasteiger partial charge is 0.255 e. The van der Waals surface area contributed by atoms with Crippen LogP contribution in [0.1, 0.15) is 33.7 Å². The third-order valence-electron chi connectivity index (χ3n) is 3.31. The van der Waals surface area contributed by atoms with Crippen LogP contribution in [-0.4, -0.2) is 33.1 Å². The van der Waals surface area contributed by atoms with E-state index in [4.69, 9.17) is 39.5 Å². The molecule has 1 unspecified atom stereocenters. The van der Waals surface area contributed by atoms with Gasteiger partial charge >= 0.3 is 0 Å². The second-order valence-electron chi connectivity index (χ2n) is 4.83. The van der Waals surface area contributed by atoms with Crippen molar-refractivity contribution in [2.45, 2.75) is 16.6 Å². The molecular weight excluding hydrogens is 325 g/mol. The number of aryl methyl sites for hydroxylation is 1. The zero-order chi connectivity index (χ0) is 14.9. The molecule has 1 aromatic rings. The molecule has 20 heavy (non-hydrogen) atoms. The SMILES string of the molecule is Cn1cc(C(=O)C2CCCOC2)cc1C(=O)C(Cl)(Cl)Cl. The van der Waals surface area contributed by atoms with Crippen molar-refractivity contribution in [1.82, 2.24) is 4.57 Å². The van der Waals surface area contributed by atoms with E-state index in [1.54, 1.807) is 13.2 Å². The van der Waals surface area contributed by atoms with Gasteiger partial charge in [-0.25, -0.2) is 0 Å². The van der Waals surface area contributed by atoms with E-state index in [2.05, 4.69) is 0 Å². The van der Waals surface area contributed by atoms with E-state index in [-0.39, 0.29) is 17.4 Å². The summed E-state index contributed by atoms with van der Waals surface area (Å²) in [5.41, 5.74) is 0.644. The average Bonchev–Trinajstić information content (AvgIpc) is 2.79. The highest BCUT2D eigenvalue weighted by Gasteiger charge is 2.34. The van der Waals surface area contributed by atoms with Crippen LogP contribution in [0.25, 0.3) is 0 Å². The number of nitrogens with zero attached hydrogens (tertiary/aromatic N) is 1. The van der Waals surface area contributed by atoms with E-state index in [1.165, 1.54) is 10.6 Å². The fourth-order valence-electron chi connectivity index (χ4n) is 2.25. The quantitative estimate of drug-likeness (QED) is 0.628. The number of Topliss-reactive ketones (excluding diaryl/α,β-unsaturated/α-hetero) is 2. The molecular formula is C13H14Cl3NO3. The summed E-state index contributed by atoms with van der Waals surface area (Å²) < 4.78 is 4.78. The molecule has 7 heteroatoms. The van der Waals surface area contributed by atoms with E-state index >= 15 is 0 Å². The van der Waals surface area contributed by atoms with E-state index in [0.29, 0.717) is 18.8 Å². The number of hydrogen-bond acceptors (Lipinski definition) is 3. The molecule has 0 radical (unpaired) electrons. The molecule has 1 saturated heterocycles. The van der Waals surface area contributed by atoms with Crippen molar-refractivity contribution in [3.63, 3.8) is 0 Å². The number of hydrogen-bond donors (Lipinski definition) is 0. The van der Waals surface area contributed by atoms with Gasteiger partial charge in [0.25, 0.3) is 3.79 Å². The van der Waals surface area contributed by atoms with Crippen molar-refractivity contribution in [3.8, 4) is 0 Å². The van der Waals surface area contributed by atoms with E-state index in [1.807, 2.05) is 0 Å². The largest absolute Gasteiger partial charge is 0.381 e. The minimum atomic E-state index is -2.03. The molecule has 0 N–H and O–H groups in total. The number of ether oxygens (including phenoxy) is 1. The lowest BCUT2D eigenvalue weighted by atomic mass is 9.94. The third-order valence-corrected chi connectivity index (χ3v) is 3.83. The van der Waals surface area contributed by atoms with Crippen molar-refractivity contribution >= 4 is 46.4 Å². The zero-order valence-corrected chi connectivity index (χ0v) is 13.1. The topological polar surface area (TPSA) is 48.3 Å². The average molecular weight is 339 g/mol. The third kappa shape index (κ3) is 3.37. The molecule has 1 atom stereocenters. The van der Waals surface area contributed by atoms with Crippen LogP contribution in [0.5, 0.6) is 0 Å². The van der Waals surface area contributed by atoms with E-state index in [0.717, 1.165) is 12.8 Å². The Labute approximate surface area is 131 Å². The molecule has 0 spiro atoms. The normalized spacial score (nSPS) is 19.9. The van der Waals surface area contributed by atoms with Crippen LogP contribution in [0.3, 0.4) is 0 Å². The monoisotopic (exact) mass is 337 g/mol. The molecule has 4 nitrogen and oxygen atoms in total. The second-order valence-corrected chi connectivity index (χ2v) is 7.11. The number of rotatable bonds is 3. The summed E-state index contributed by atoms with van der Waals surface area (Å²) in [5, 5.41) is 0. The van der Waals surface area contributed by atoms with Gasteiger partial charge < -0.3 is 9.30 Å². The lowest BCUT2D eigenvalue weighted by molar-refractivity contribution is 0.0461. The molecule has 1 aliphatic heterocycles. The van der Waals surface area contributed by atoms with Gasteiger partial charge in [-0.05, 0) is 18.9 Å². The predicted octanol–water partition coefficient (Wildman–Crippen LogP) is 3.19. The fourth-order valence-corrected chi connectivity index (χ4v) is 2.54. The van der Waals surface area contributed by atoms with Crippen LogP contribution in [-0.2, 0) is 11.8 Å². The summed E-state index contributed by atoms with van der Waals surface area (Å²) in [7, 11) is 1.64. The van der Waals surface area contributed by atoms with Gasteiger partial charge in [-0.3, -0.25) is 9.59 Å². The molecule has 2 rings (SSSR count). The predicted molar refractivity (Wildman–Crippen MR) is 77.9 cm³/mol. The van der Waals surface area contributed by atoms with Crippen LogP contribution in [0, 0.1) is 5.92 Å². The van der Waals surface area contributed by atoms with Crippen molar-refractivity contribution in [1.29, 1.82) is 0 Å². The highest BCUT2D eigenvalue weighted by molar-refractivity contribution is 6.77. The maximum absolute atomic E-state index is 12.3. The fraction of sp³-hybridized carbons (Fsp3) is 0.538. The Kier molecular flexibility index (Phi) is 4.80. The first kappa shape index (κ1) is 15.8. The van der Waals surface area contributed by atoms with Crippen molar-refractivity contribution < 1.29 is 14.3 Å². The Morgan fingerprint density at radius 1 is 1.40 bits per heavy atom. The Hall–Kier alpha value is -0.550. The maximum atomic E-state index is 12.3. The van der Waals surface area contributed by atoms with Gasteiger partial charge in [-0.2, -0.15) is 0 Å². The molecule has 0 saturated carbocycles. The van der Waals surface area contributed by atoms with Crippen LogP contribution in [0.4, 0.5) is 0 Å². The molecule has 2 heterocycles. The number of ketones is 2. The minimum Gasteiger partial charge on any atom is -0.381 e. The van der Waals surface area contributed by atoms with Crippen LogP contribution < -0.4 is 0 Å². The van der Waals surface area contributed by atoms with Crippen molar-refractivity contribution in [3.05, 3.63) is 23.5 Å². The lowest BCUT2D eigenvalue weighted by Crippen LogP contribution is -2.25. The summed E-state index contributed by atoms with van der Waals surface area (Å²) in [6.45, 7) is 1.11. The highest BCUT2D eigenvalue weighted by atomic mass is 35.6. The Balaban J connectivity index is 2.22. The molecule has 0 amide bonds. The van der Waals surface area contributed by atoms with Gasteiger partial charge in [0.05, 0.1) is 12.3 Å². The minimum absolute atomic E-state index is 0.0383. The number of alkyl halides is 3. The van der Waals surface area contributed by atoms with Crippen molar-refractivity contribution in [2.24, 2.45) is 13.0 Å². The molecule has 0 aliphatic carbocycles. The molecule has 1 fully saturated rings. The Morgan fingerprint density at radius 3 is 2.65 bits per heavy atom.